The van der Waals surface area contributed by atoms with Crippen molar-refractivity contribution < 1.29 is 18.0 Å². The van der Waals surface area contributed by atoms with Gasteiger partial charge >= 0.3 is 12.2 Å². The van der Waals surface area contributed by atoms with Gasteiger partial charge in [-0.1, -0.05) is 6.07 Å². The number of nitrogens with one attached hydrogen (secondary N) is 1. The van der Waals surface area contributed by atoms with Crippen molar-refractivity contribution in [2.24, 2.45) is 0 Å². The lowest BCUT2D eigenvalue weighted by atomic mass is 10.1. The fourth-order valence-corrected chi connectivity index (χ4v) is 4.12. The highest BCUT2D eigenvalue weighted by Crippen LogP contribution is 2.31. The zero-order valence-electron chi connectivity index (χ0n) is 18.7. The quantitative estimate of drug-likeness (QED) is 0.758. The summed E-state index contributed by atoms with van der Waals surface area (Å²) in [6.07, 6.45) is -2.60. The molecule has 2 saturated heterocycles. The number of hydrogen-bond acceptors (Lipinski definition) is 5. The Balaban J connectivity index is 1.27. The summed E-state index contributed by atoms with van der Waals surface area (Å²) in [7, 11) is 2.11. The Hall–Kier alpha value is -3.01. The van der Waals surface area contributed by atoms with Gasteiger partial charge in [0.1, 0.15) is 5.82 Å². The molecule has 2 aliphatic rings. The summed E-state index contributed by atoms with van der Waals surface area (Å²) in [5.41, 5.74) is 0.849. The number of amides is 2. The maximum absolute atomic E-state index is 13.0. The maximum atomic E-state index is 13.0. The molecule has 2 fully saturated rings. The molecule has 10 heteroatoms. The largest absolute Gasteiger partial charge is 0.416 e. The van der Waals surface area contributed by atoms with Crippen LogP contribution in [0.25, 0.3) is 0 Å². The number of hydrogen-bond donors (Lipinski definition) is 1. The number of carbonyl (C=O) groups is 1. The first-order valence-corrected chi connectivity index (χ1v) is 11.1. The first kappa shape index (κ1) is 23.2. The molecule has 2 aliphatic heterocycles. The SMILES string of the molecule is CN1CCN(c2cc(CNC(=O)N3CCN(c4cccc(C(F)(F)F)c4)CC3)ccn2)CC1. The van der Waals surface area contributed by atoms with Gasteiger partial charge in [-0.3, -0.25) is 0 Å². The van der Waals surface area contributed by atoms with E-state index < -0.39 is 11.7 Å². The number of urea groups is 1. The summed E-state index contributed by atoms with van der Waals surface area (Å²) in [5.74, 6) is 0.921. The lowest BCUT2D eigenvalue weighted by molar-refractivity contribution is -0.137. The molecule has 7 nitrogen and oxygen atoms in total. The number of likely N-dealkylation sites (N-methyl/N-ethyl adjacent to an activating group) is 1. The third-order valence-electron chi connectivity index (χ3n) is 6.19. The van der Waals surface area contributed by atoms with Crippen LogP contribution in [0.3, 0.4) is 0 Å². The van der Waals surface area contributed by atoms with E-state index in [1.54, 1.807) is 17.2 Å². The molecule has 0 radical (unpaired) electrons. The molecule has 0 spiro atoms. The molecule has 1 aromatic heterocycles. The molecule has 0 unspecified atom stereocenters. The summed E-state index contributed by atoms with van der Waals surface area (Å²) >= 11 is 0. The summed E-state index contributed by atoms with van der Waals surface area (Å²) in [4.78, 5) is 25.2. The van der Waals surface area contributed by atoms with Crippen molar-refractivity contribution in [1.82, 2.24) is 20.1 Å². The van der Waals surface area contributed by atoms with Crippen LogP contribution >= 0.6 is 0 Å². The van der Waals surface area contributed by atoms with Crippen molar-refractivity contribution in [3.8, 4) is 0 Å². The summed E-state index contributed by atoms with van der Waals surface area (Å²) in [6, 6.07) is 9.06. The molecular weight excluding hydrogens is 433 g/mol. The number of piperazine rings is 2. The first-order valence-electron chi connectivity index (χ1n) is 11.1. The van der Waals surface area contributed by atoms with Crippen molar-refractivity contribution in [2.75, 3.05) is 69.2 Å². The number of pyridine rings is 1. The molecule has 33 heavy (non-hydrogen) atoms. The molecule has 2 aromatic rings. The molecule has 3 heterocycles. The number of nitrogens with zero attached hydrogens (tertiary/aromatic N) is 5. The summed E-state index contributed by atoms with van der Waals surface area (Å²) in [6.45, 7) is 6.11. The van der Waals surface area contributed by atoms with Crippen LogP contribution in [0.1, 0.15) is 11.1 Å². The van der Waals surface area contributed by atoms with Gasteiger partial charge in [-0.15, -0.1) is 0 Å². The van der Waals surface area contributed by atoms with Crippen LogP contribution in [0.2, 0.25) is 0 Å². The van der Waals surface area contributed by atoms with Crippen molar-refractivity contribution in [1.29, 1.82) is 0 Å². The van der Waals surface area contributed by atoms with Crippen LogP contribution in [0.5, 0.6) is 0 Å². The number of carbonyl (C=O) groups excluding carboxylic acids is 1. The van der Waals surface area contributed by atoms with Crippen molar-refractivity contribution in [3.05, 3.63) is 53.7 Å². The van der Waals surface area contributed by atoms with E-state index in [9.17, 15) is 18.0 Å². The third-order valence-corrected chi connectivity index (χ3v) is 6.19. The molecule has 1 N–H and O–H groups in total. The highest BCUT2D eigenvalue weighted by atomic mass is 19.4. The number of halogens is 3. The molecule has 0 aliphatic carbocycles. The Morgan fingerprint density at radius 3 is 2.36 bits per heavy atom. The minimum Gasteiger partial charge on any atom is -0.368 e. The number of rotatable bonds is 4. The topological polar surface area (TPSA) is 55.0 Å². The fraction of sp³-hybridized carbons (Fsp3) is 0.478. The Bertz CT molecular complexity index is 953. The van der Waals surface area contributed by atoms with Crippen LogP contribution < -0.4 is 15.1 Å². The van der Waals surface area contributed by atoms with Gasteiger partial charge in [-0.2, -0.15) is 13.2 Å². The molecular formula is C23H29F3N6O. The molecule has 4 rings (SSSR count). The van der Waals surface area contributed by atoms with E-state index in [1.807, 2.05) is 17.0 Å². The van der Waals surface area contributed by atoms with E-state index in [0.717, 1.165) is 49.7 Å². The molecule has 1 aromatic carbocycles. The molecule has 0 atom stereocenters. The van der Waals surface area contributed by atoms with E-state index >= 15 is 0 Å². The Labute approximate surface area is 191 Å². The van der Waals surface area contributed by atoms with Crippen LogP contribution in [0, 0.1) is 0 Å². The zero-order chi connectivity index (χ0) is 23.4. The van der Waals surface area contributed by atoms with E-state index in [1.165, 1.54) is 6.07 Å². The normalized spacial score (nSPS) is 17.9. The third kappa shape index (κ3) is 5.87. The fourth-order valence-electron chi connectivity index (χ4n) is 4.12. The van der Waals surface area contributed by atoms with Gasteiger partial charge in [0, 0.05) is 70.8 Å². The van der Waals surface area contributed by atoms with Crippen LogP contribution in [-0.2, 0) is 12.7 Å². The van der Waals surface area contributed by atoms with Crippen LogP contribution in [0.4, 0.5) is 29.5 Å². The number of aromatic nitrogens is 1. The lowest BCUT2D eigenvalue weighted by Gasteiger charge is -2.36. The molecule has 178 valence electrons. The lowest BCUT2D eigenvalue weighted by Crippen LogP contribution is -2.51. The Kier molecular flexibility index (Phi) is 6.92. The van der Waals surface area contributed by atoms with Crippen molar-refractivity contribution >= 4 is 17.5 Å². The van der Waals surface area contributed by atoms with Gasteiger partial charge in [0.05, 0.1) is 5.56 Å². The monoisotopic (exact) mass is 462 g/mol. The number of anilines is 2. The van der Waals surface area contributed by atoms with Crippen LogP contribution in [0.15, 0.2) is 42.6 Å². The second kappa shape index (κ2) is 9.86. The van der Waals surface area contributed by atoms with E-state index in [-0.39, 0.29) is 6.03 Å². The van der Waals surface area contributed by atoms with Gasteiger partial charge in [0.2, 0.25) is 0 Å². The van der Waals surface area contributed by atoms with Gasteiger partial charge in [-0.05, 0) is 42.9 Å². The van der Waals surface area contributed by atoms with Gasteiger partial charge in [0.15, 0.2) is 0 Å². The smallest absolute Gasteiger partial charge is 0.368 e. The minimum atomic E-state index is -4.37. The Morgan fingerprint density at radius 1 is 0.970 bits per heavy atom. The standard InChI is InChI=1S/C23H29F3N6O/c1-29-7-9-31(10-8-29)21-15-18(5-6-27-21)17-28-22(33)32-13-11-30(12-14-32)20-4-2-3-19(16-20)23(24,25)26/h2-6,15-16H,7-14,17H2,1H3,(H,28,33). The van der Waals surface area contributed by atoms with Gasteiger partial charge < -0.3 is 24.9 Å². The van der Waals surface area contributed by atoms with E-state index in [0.29, 0.717) is 38.4 Å². The van der Waals surface area contributed by atoms with E-state index in [4.69, 9.17) is 0 Å². The average molecular weight is 463 g/mol. The molecule has 2 amide bonds. The first-order chi connectivity index (χ1) is 15.8. The zero-order valence-corrected chi connectivity index (χ0v) is 18.7. The average Bonchev–Trinajstić information content (AvgIpc) is 2.83. The second-order valence-electron chi connectivity index (χ2n) is 8.49. The predicted octanol–water partition coefficient (Wildman–Crippen LogP) is 2.88. The highest BCUT2D eigenvalue weighted by Gasteiger charge is 2.31. The second-order valence-corrected chi connectivity index (χ2v) is 8.49. The van der Waals surface area contributed by atoms with E-state index in [2.05, 4.69) is 27.1 Å². The molecule has 0 saturated carbocycles. The highest BCUT2D eigenvalue weighted by molar-refractivity contribution is 5.74. The number of alkyl halides is 3. The van der Waals surface area contributed by atoms with Crippen molar-refractivity contribution in [2.45, 2.75) is 12.7 Å². The maximum Gasteiger partial charge on any atom is 0.416 e. The summed E-state index contributed by atoms with van der Waals surface area (Å²) in [5, 5.41) is 2.95. The minimum absolute atomic E-state index is 0.170. The molecule has 0 bridgehead atoms. The van der Waals surface area contributed by atoms with Gasteiger partial charge in [0.25, 0.3) is 0 Å². The van der Waals surface area contributed by atoms with Gasteiger partial charge in [-0.25, -0.2) is 9.78 Å². The Morgan fingerprint density at radius 2 is 1.67 bits per heavy atom. The van der Waals surface area contributed by atoms with Crippen molar-refractivity contribution in [3.63, 3.8) is 0 Å². The van der Waals surface area contributed by atoms with Crippen LogP contribution in [-0.4, -0.2) is 80.2 Å². The number of benzene rings is 1. The predicted molar refractivity (Wildman–Crippen MR) is 121 cm³/mol. The summed E-state index contributed by atoms with van der Waals surface area (Å²) < 4.78 is 39.0.